The number of nitrogen functional groups attached to an aromatic ring is 1. The molecule has 2 fully saturated rings. The average Bonchev–Trinajstić information content (AvgIpc) is 3.34. The van der Waals surface area contributed by atoms with Gasteiger partial charge in [0.05, 0.1) is 37.9 Å². The molecule has 7 heteroatoms. The van der Waals surface area contributed by atoms with E-state index < -0.39 is 5.69 Å². The largest absolute Gasteiger partial charge is 0.383 e. The lowest BCUT2D eigenvalue weighted by molar-refractivity contribution is 0.103. The minimum absolute atomic E-state index is 0.224. The Morgan fingerprint density at radius 3 is 2.55 bits per heavy atom. The van der Waals surface area contributed by atoms with Crippen LogP contribution in [0, 0.1) is 0 Å². The van der Waals surface area contributed by atoms with Crippen LogP contribution in [0.25, 0.3) is 11.0 Å². The van der Waals surface area contributed by atoms with Crippen molar-refractivity contribution in [3.8, 4) is 0 Å². The lowest BCUT2D eigenvalue weighted by Crippen LogP contribution is -2.32. The molecule has 0 spiro atoms. The summed E-state index contributed by atoms with van der Waals surface area (Å²) >= 11 is 0. The maximum absolute atomic E-state index is 12.4. The molecule has 3 heterocycles. The van der Waals surface area contributed by atoms with Gasteiger partial charge >= 0.3 is 5.69 Å². The second-order valence-corrected chi connectivity index (χ2v) is 5.83. The molecule has 1 aliphatic heterocycles. The molecular formula is C15H18N4O3. The van der Waals surface area contributed by atoms with E-state index in [0.717, 1.165) is 18.5 Å². The zero-order valence-electron chi connectivity index (χ0n) is 12.2. The Bertz CT molecular complexity index is 761. The Morgan fingerprint density at radius 1 is 1.14 bits per heavy atom. The zero-order chi connectivity index (χ0) is 15.1. The van der Waals surface area contributed by atoms with Crippen LogP contribution >= 0.6 is 0 Å². The van der Waals surface area contributed by atoms with Gasteiger partial charge in [-0.05, 0) is 25.0 Å². The lowest BCUT2D eigenvalue weighted by atomic mass is 10.2. The van der Waals surface area contributed by atoms with Crippen molar-refractivity contribution < 1.29 is 9.47 Å². The number of rotatable bonds is 2. The first-order valence-electron chi connectivity index (χ1n) is 7.58. The van der Waals surface area contributed by atoms with E-state index in [-0.39, 0.29) is 11.9 Å². The van der Waals surface area contributed by atoms with Gasteiger partial charge in [-0.1, -0.05) is 0 Å². The molecule has 1 saturated heterocycles. The van der Waals surface area contributed by atoms with Crippen molar-refractivity contribution in [1.82, 2.24) is 14.5 Å². The van der Waals surface area contributed by atoms with Crippen LogP contribution in [0.2, 0.25) is 0 Å². The van der Waals surface area contributed by atoms with Crippen LogP contribution in [0.4, 0.5) is 5.82 Å². The van der Waals surface area contributed by atoms with E-state index in [0.29, 0.717) is 43.4 Å². The summed E-state index contributed by atoms with van der Waals surface area (Å²) in [5.74, 6) is 0.727. The number of hydrogen-bond acceptors (Lipinski definition) is 6. The summed E-state index contributed by atoms with van der Waals surface area (Å²) in [6.07, 6.45) is 2.30. The van der Waals surface area contributed by atoms with Crippen molar-refractivity contribution >= 4 is 16.9 Å². The van der Waals surface area contributed by atoms with Gasteiger partial charge in [0.15, 0.2) is 0 Å². The molecule has 0 unspecified atom stereocenters. The van der Waals surface area contributed by atoms with Crippen LogP contribution in [0.1, 0.15) is 30.5 Å². The predicted molar refractivity (Wildman–Crippen MR) is 80.9 cm³/mol. The van der Waals surface area contributed by atoms with Gasteiger partial charge in [0.25, 0.3) is 0 Å². The fourth-order valence-electron chi connectivity index (χ4n) is 2.84. The first kappa shape index (κ1) is 13.7. The van der Waals surface area contributed by atoms with Gasteiger partial charge in [-0.3, -0.25) is 4.57 Å². The fourth-order valence-corrected chi connectivity index (χ4v) is 2.84. The summed E-state index contributed by atoms with van der Waals surface area (Å²) in [6, 6.07) is 3.66. The molecule has 0 bridgehead atoms. The van der Waals surface area contributed by atoms with E-state index in [9.17, 15) is 4.79 Å². The van der Waals surface area contributed by atoms with Gasteiger partial charge in [0, 0.05) is 11.6 Å². The van der Waals surface area contributed by atoms with Gasteiger partial charge in [0.2, 0.25) is 0 Å². The molecule has 7 nitrogen and oxygen atoms in total. The molecule has 1 saturated carbocycles. The number of hydrogen-bond donors (Lipinski definition) is 1. The van der Waals surface area contributed by atoms with E-state index in [2.05, 4.69) is 4.98 Å². The third-order valence-electron chi connectivity index (χ3n) is 4.18. The molecule has 4 rings (SSSR count). The second-order valence-electron chi connectivity index (χ2n) is 5.83. The first-order chi connectivity index (χ1) is 10.7. The Morgan fingerprint density at radius 2 is 1.86 bits per heavy atom. The summed E-state index contributed by atoms with van der Waals surface area (Å²) < 4.78 is 12.6. The second kappa shape index (κ2) is 5.33. The fraction of sp³-hybridized carbons (Fsp3) is 0.533. The maximum atomic E-state index is 12.4. The number of aromatic nitrogens is 3. The number of pyridine rings is 1. The van der Waals surface area contributed by atoms with Crippen LogP contribution in [0.3, 0.4) is 0 Å². The van der Waals surface area contributed by atoms with Crippen molar-refractivity contribution in [3.05, 3.63) is 28.3 Å². The number of fused-ring (bicyclic) bond motifs is 1. The van der Waals surface area contributed by atoms with Gasteiger partial charge in [-0.15, -0.1) is 0 Å². The van der Waals surface area contributed by atoms with Crippen molar-refractivity contribution in [1.29, 1.82) is 0 Å². The van der Waals surface area contributed by atoms with Crippen molar-refractivity contribution in [2.45, 2.75) is 24.8 Å². The highest BCUT2D eigenvalue weighted by atomic mass is 16.5. The van der Waals surface area contributed by atoms with Crippen molar-refractivity contribution in [2.24, 2.45) is 0 Å². The Hall–Kier alpha value is -1.99. The van der Waals surface area contributed by atoms with E-state index >= 15 is 0 Å². The summed E-state index contributed by atoms with van der Waals surface area (Å²) in [7, 11) is 0. The molecule has 0 radical (unpaired) electrons. The summed E-state index contributed by atoms with van der Waals surface area (Å²) in [5, 5.41) is 0.702. The van der Waals surface area contributed by atoms with E-state index in [1.165, 1.54) is 0 Å². The predicted octanol–water partition coefficient (Wildman–Crippen LogP) is 0.839. The first-order valence-corrected chi connectivity index (χ1v) is 7.58. The van der Waals surface area contributed by atoms with Crippen LogP contribution in [0.15, 0.2) is 16.9 Å². The highest BCUT2D eigenvalue weighted by molar-refractivity contribution is 5.85. The topological polar surface area (TPSA) is 92.3 Å². The molecule has 1 aliphatic carbocycles. The smallest absolute Gasteiger partial charge is 0.351 e. The van der Waals surface area contributed by atoms with Crippen LogP contribution in [-0.2, 0) is 9.47 Å². The third kappa shape index (κ3) is 2.36. The van der Waals surface area contributed by atoms with Gasteiger partial charge in [-0.25, -0.2) is 9.78 Å². The highest BCUT2D eigenvalue weighted by Crippen LogP contribution is 2.39. The SMILES string of the molecule is Nc1nc(=O)n(C2COCCOC2)c2nc(C3CC3)ccc12. The molecule has 2 aromatic heterocycles. The monoisotopic (exact) mass is 302 g/mol. The number of anilines is 1. The summed E-state index contributed by atoms with van der Waals surface area (Å²) in [5.41, 5.74) is 7.10. The average molecular weight is 302 g/mol. The van der Waals surface area contributed by atoms with Crippen molar-refractivity contribution in [2.75, 3.05) is 32.2 Å². The molecule has 116 valence electrons. The lowest BCUT2D eigenvalue weighted by Gasteiger charge is -2.19. The maximum Gasteiger partial charge on any atom is 0.351 e. The zero-order valence-corrected chi connectivity index (χ0v) is 12.2. The normalized spacial score (nSPS) is 20.2. The van der Waals surface area contributed by atoms with E-state index in [1.54, 1.807) is 4.57 Å². The number of nitrogens with zero attached hydrogens (tertiary/aromatic N) is 3. The molecule has 2 N–H and O–H groups in total. The Labute approximate surface area is 127 Å². The molecule has 2 aliphatic rings. The Kier molecular flexibility index (Phi) is 3.31. The molecule has 22 heavy (non-hydrogen) atoms. The number of nitrogens with two attached hydrogens (primary N) is 1. The minimum Gasteiger partial charge on any atom is -0.383 e. The van der Waals surface area contributed by atoms with Crippen LogP contribution in [0.5, 0.6) is 0 Å². The molecule has 2 aromatic rings. The van der Waals surface area contributed by atoms with Gasteiger partial charge in [-0.2, -0.15) is 4.98 Å². The summed E-state index contributed by atoms with van der Waals surface area (Å²) in [6.45, 7) is 1.89. The standard InChI is InChI=1S/C15H18N4O3/c16-13-11-3-4-12(9-1-2-9)17-14(11)19(15(20)18-13)10-7-21-5-6-22-8-10/h3-4,9-10H,1-2,5-8H2,(H2,16,18,20). The highest BCUT2D eigenvalue weighted by Gasteiger charge is 2.27. The van der Waals surface area contributed by atoms with Crippen LogP contribution in [-0.4, -0.2) is 41.0 Å². The summed E-state index contributed by atoms with van der Waals surface area (Å²) in [4.78, 5) is 21.0. The molecule has 0 atom stereocenters. The number of ether oxygens (including phenoxy) is 2. The van der Waals surface area contributed by atoms with Gasteiger partial charge < -0.3 is 15.2 Å². The van der Waals surface area contributed by atoms with Crippen molar-refractivity contribution in [3.63, 3.8) is 0 Å². The van der Waals surface area contributed by atoms with Gasteiger partial charge in [0.1, 0.15) is 11.5 Å². The Balaban J connectivity index is 1.90. The minimum atomic E-state index is -0.399. The third-order valence-corrected chi connectivity index (χ3v) is 4.18. The van der Waals surface area contributed by atoms with E-state index in [4.69, 9.17) is 20.2 Å². The van der Waals surface area contributed by atoms with Crippen LogP contribution < -0.4 is 11.4 Å². The molecular weight excluding hydrogens is 284 g/mol. The molecule has 0 amide bonds. The quantitative estimate of drug-likeness (QED) is 0.883. The van der Waals surface area contributed by atoms with E-state index in [1.807, 2.05) is 12.1 Å². The molecule has 0 aromatic carbocycles.